The SMILES string of the molecule is COc1ccc(C2CCNCC2OCc2ccc3ccccc3c2)cc1. The molecule has 1 aliphatic heterocycles. The lowest BCUT2D eigenvalue weighted by molar-refractivity contribution is 0.0106. The maximum Gasteiger partial charge on any atom is 0.118 e. The van der Waals surface area contributed by atoms with Crippen molar-refractivity contribution in [2.24, 2.45) is 0 Å². The summed E-state index contributed by atoms with van der Waals surface area (Å²) < 4.78 is 11.6. The van der Waals surface area contributed by atoms with E-state index in [2.05, 4.69) is 59.9 Å². The fourth-order valence-corrected chi connectivity index (χ4v) is 3.77. The molecular weight excluding hydrogens is 322 g/mol. The van der Waals surface area contributed by atoms with E-state index in [9.17, 15) is 0 Å². The fraction of sp³-hybridized carbons (Fsp3) is 0.304. The number of hydrogen-bond donors (Lipinski definition) is 1. The van der Waals surface area contributed by atoms with Crippen LogP contribution in [0.3, 0.4) is 0 Å². The van der Waals surface area contributed by atoms with Crippen LogP contribution in [-0.2, 0) is 11.3 Å². The molecule has 2 unspecified atom stereocenters. The van der Waals surface area contributed by atoms with E-state index in [-0.39, 0.29) is 6.10 Å². The van der Waals surface area contributed by atoms with Crippen LogP contribution in [0, 0.1) is 0 Å². The minimum Gasteiger partial charge on any atom is -0.497 e. The highest BCUT2D eigenvalue weighted by atomic mass is 16.5. The first-order chi connectivity index (χ1) is 12.8. The molecular formula is C23H25NO2. The molecule has 2 atom stereocenters. The Hall–Kier alpha value is -2.36. The van der Waals surface area contributed by atoms with E-state index in [0.717, 1.165) is 25.3 Å². The molecule has 0 spiro atoms. The van der Waals surface area contributed by atoms with Crippen molar-refractivity contribution in [3.8, 4) is 5.75 Å². The Balaban J connectivity index is 1.47. The Labute approximate surface area is 154 Å². The molecule has 134 valence electrons. The average molecular weight is 347 g/mol. The molecule has 0 saturated carbocycles. The Morgan fingerprint density at radius 3 is 2.58 bits per heavy atom. The number of ether oxygens (including phenoxy) is 2. The summed E-state index contributed by atoms with van der Waals surface area (Å²) in [7, 11) is 1.70. The van der Waals surface area contributed by atoms with Gasteiger partial charge in [0.05, 0.1) is 19.8 Å². The molecule has 4 rings (SSSR count). The number of nitrogens with one attached hydrogen (secondary N) is 1. The van der Waals surface area contributed by atoms with Gasteiger partial charge in [0.2, 0.25) is 0 Å². The predicted octanol–water partition coefficient (Wildman–Crippen LogP) is 4.51. The Bertz CT molecular complexity index is 859. The van der Waals surface area contributed by atoms with Crippen molar-refractivity contribution in [3.63, 3.8) is 0 Å². The minimum atomic E-state index is 0.184. The summed E-state index contributed by atoms with van der Waals surface area (Å²) in [6.07, 6.45) is 1.28. The van der Waals surface area contributed by atoms with Crippen LogP contribution in [0.1, 0.15) is 23.5 Å². The third-order valence-electron chi connectivity index (χ3n) is 5.25. The topological polar surface area (TPSA) is 30.5 Å². The van der Waals surface area contributed by atoms with Crippen molar-refractivity contribution in [3.05, 3.63) is 77.9 Å². The van der Waals surface area contributed by atoms with Crippen molar-refractivity contribution >= 4 is 10.8 Å². The van der Waals surface area contributed by atoms with Crippen molar-refractivity contribution in [2.45, 2.75) is 25.0 Å². The summed E-state index contributed by atoms with van der Waals surface area (Å²) in [5.74, 6) is 1.32. The van der Waals surface area contributed by atoms with Gasteiger partial charge in [-0.15, -0.1) is 0 Å². The van der Waals surface area contributed by atoms with E-state index >= 15 is 0 Å². The van der Waals surface area contributed by atoms with E-state index < -0.39 is 0 Å². The molecule has 1 N–H and O–H groups in total. The zero-order valence-electron chi connectivity index (χ0n) is 15.2. The van der Waals surface area contributed by atoms with Crippen LogP contribution in [0.15, 0.2) is 66.7 Å². The van der Waals surface area contributed by atoms with Crippen molar-refractivity contribution in [1.82, 2.24) is 5.32 Å². The highest BCUT2D eigenvalue weighted by Crippen LogP contribution is 2.30. The molecule has 1 heterocycles. The summed E-state index contributed by atoms with van der Waals surface area (Å²) in [6, 6.07) is 23.4. The molecule has 1 saturated heterocycles. The van der Waals surface area contributed by atoms with E-state index in [1.54, 1.807) is 7.11 Å². The van der Waals surface area contributed by atoms with E-state index in [1.807, 2.05) is 12.1 Å². The van der Waals surface area contributed by atoms with E-state index in [0.29, 0.717) is 12.5 Å². The van der Waals surface area contributed by atoms with Gasteiger partial charge in [0, 0.05) is 12.5 Å². The zero-order chi connectivity index (χ0) is 17.8. The lowest BCUT2D eigenvalue weighted by Crippen LogP contribution is -2.40. The number of piperidine rings is 1. The molecule has 3 nitrogen and oxygen atoms in total. The first-order valence-electron chi connectivity index (χ1n) is 9.27. The summed E-state index contributed by atoms with van der Waals surface area (Å²) in [6.45, 7) is 2.57. The van der Waals surface area contributed by atoms with Crippen LogP contribution in [0.25, 0.3) is 10.8 Å². The maximum atomic E-state index is 6.35. The summed E-state index contributed by atoms with van der Waals surface area (Å²) in [5, 5.41) is 6.01. The average Bonchev–Trinajstić information content (AvgIpc) is 2.72. The predicted molar refractivity (Wildman–Crippen MR) is 106 cm³/mol. The minimum absolute atomic E-state index is 0.184. The van der Waals surface area contributed by atoms with Gasteiger partial charge in [-0.3, -0.25) is 0 Å². The molecule has 0 bridgehead atoms. The number of benzene rings is 3. The van der Waals surface area contributed by atoms with Crippen LogP contribution in [-0.4, -0.2) is 26.3 Å². The second-order valence-corrected chi connectivity index (χ2v) is 6.90. The normalized spacial score (nSPS) is 20.2. The molecule has 3 aromatic carbocycles. The van der Waals surface area contributed by atoms with Crippen LogP contribution >= 0.6 is 0 Å². The lowest BCUT2D eigenvalue weighted by Gasteiger charge is -2.32. The van der Waals surface area contributed by atoms with Crippen LogP contribution in [0.2, 0.25) is 0 Å². The molecule has 0 aromatic heterocycles. The monoisotopic (exact) mass is 347 g/mol. The second kappa shape index (κ2) is 7.90. The standard InChI is InChI=1S/C23H25NO2/c1-25-21-10-8-19(9-11-21)22-12-13-24-15-23(22)26-16-17-6-7-18-4-2-3-5-20(18)14-17/h2-11,14,22-24H,12-13,15-16H2,1H3. The van der Waals surface area contributed by atoms with Crippen LogP contribution < -0.4 is 10.1 Å². The van der Waals surface area contributed by atoms with Crippen molar-refractivity contribution in [2.75, 3.05) is 20.2 Å². The largest absolute Gasteiger partial charge is 0.497 e. The van der Waals surface area contributed by atoms with Crippen LogP contribution in [0.4, 0.5) is 0 Å². The number of methoxy groups -OCH3 is 1. The molecule has 1 aliphatic rings. The molecule has 26 heavy (non-hydrogen) atoms. The molecule has 0 radical (unpaired) electrons. The smallest absolute Gasteiger partial charge is 0.118 e. The highest BCUT2D eigenvalue weighted by molar-refractivity contribution is 5.82. The van der Waals surface area contributed by atoms with E-state index in [4.69, 9.17) is 9.47 Å². The summed E-state index contributed by atoms with van der Waals surface area (Å²) in [5.41, 5.74) is 2.55. The van der Waals surface area contributed by atoms with Gasteiger partial charge >= 0.3 is 0 Å². The quantitative estimate of drug-likeness (QED) is 0.736. The number of fused-ring (bicyclic) bond motifs is 1. The Morgan fingerprint density at radius 1 is 0.962 bits per heavy atom. The maximum absolute atomic E-state index is 6.35. The molecule has 0 amide bonds. The van der Waals surface area contributed by atoms with Gasteiger partial charge in [-0.2, -0.15) is 0 Å². The Morgan fingerprint density at radius 2 is 1.77 bits per heavy atom. The molecule has 3 heteroatoms. The summed E-state index contributed by atoms with van der Waals surface area (Å²) >= 11 is 0. The highest BCUT2D eigenvalue weighted by Gasteiger charge is 2.27. The van der Waals surface area contributed by atoms with Gasteiger partial charge in [-0.25, -0.2) is 0 Å². The Kier molecular flexibility index (Phi) is 5.19. The van der Waals surface area contributed by atoms with Gasteiger partial charge < -0.3 is 14.8 Å². The number of rotatable bonds is 5. The van der Waals surface area contributed by atoms with E-state index in [1.165, 1.54) is 21.9 Å². The van der Waals surface area contributed by atoms with Gasteiger partial charge in [0.1, 0.15) is 5.75 Å². The van der Waals surface area contributed by atoms with Crippen molar-refractivity contribution in [1.29, 1.82) is 0 Å². The molecule has 3 aromatic rings. The van der Waals surface area contributed by atoms with Gasteiger partial charge in [-0.1, -0.05) is 48.5 Å². The first-order valence-corrected chi connectivity index (χ1v) is 9.27. The van der Waals surface area contributed by atoms with Gasteiger partial charge in [0.25, 0.3) is 0 Å². The molecule has 0 aliphatic carbocycles. The van der Waals surface area contributed by atoms with Crippen LogP contribution in [0.5, 0.6) is 5.75 Å². The molecule has 1 fully saturated rings. The lowest BCUT2D eigenvalue weighted by atomic mass is 9.87. The fourth-order valence-electron chi connectivity index (χ4n) is 3.77. The second-order valence-electron chi connectivity index (χ2n) is 6.90. The van der Waals surface area contributed by atoms with Gasteiger partial charge in [-0.05, 0) is 53.1 Å². The van der Waals surface area contributed by atoms with Crippen molar-refractivity contribution < 1.29 is 9.47 Å². The third kappa shape index (κ3) is 3.74. The number of hydrogen-bond acceptors (Lipinski definition) is 3. The van der Waals surface area contributed by atoms with Gasteiger partial charge in [0.15, 0.2) is 0 Å². The third-order valence-corrected chi connectivity index (χ3v) is 5.25. The summed E-state index contributed by atoms with van der Waals surface area (Å²) in [4.78, 5) is 0. The zero-order valence-corrected chi connectivity index (χ0v) is 15.2. The first kappa shape index (κ1) is 17.1.